The first kappa shape index (κ1) is 10.9. The summed E-state index contributed by atoms with van der Waals surface area (Å²) >= 11 is 0. The molecule has 0 saturated carbocycles. The largest absolute Gasteiger partial charge is 0.271 e. The lowest BCUT2D eigenvalue weighted by atomic mass is 10.1. The third-order valence-electron chi connectivity index (χ3n) is 1.85. The molecule has 0 aromatic heterocycles. The Bertz CT molecular complexity index is 336. The highest BCUT2D eigenvalue weighted by Crippen LogP contribution is 2.23. The molecule has 2 nitrogen and oxygen atoms in total. The van der Waals surface area contributed by atoms with Gasteiger partial charge in [-0.3, -0.25) is 11.3 Å². The third kappa shape index (κ3) is 1.58. The van der Waals surface area contributed by atoms with Gasteiger partial charge in [0, 0.05) is 17.7 Å². The predicted molar refractivity (Wildman–Crippen MR) is 42.0 cm³/mol. The maximum atomic E-state index is 13.0. The summed E-state index contributed by atoms with van der Waals surface area (Å²) in [5.74, 6) is -0.815. The first-order chi connectivity index (χ1) is 6.50. The second-order valence-electron chi connectivity index (χ2n) is 2.74. The second kappa shape index (κ2) is 3.93. The number of hydrogen-bond donors (Lipinski definition) is 2. The fourth-order valence-corrected chi connectivity index (χ4v) is 1.04. The standard InChI is InChI=1S/C8H8F4N2/c1-3-5(9)7(11)4(2-14-13)8(12)6(3)10/h14H,2,13H2,1H3. The minimum atomic E-state index is -1.42. The number of hydrazine groups is 1. The number of hydrogen-bond acceptors (Lipinski definition) is 2. The molecule has 0 aliphatic rings. The fourth-order valence-electron chi connectivity index (χ4n) is 1.04. The van der Waals surface area contributed by atoms with Crippen LogP contribution < -0.4 is 11.3 Å². The van der Waals surface area contributed by atoms with Crippen molar-refractivity contribution in [3.05, 3.63) is 34.4 Å². The molecule has 0 aliphatic heterocycles. The fraction of sp³-hybridized carbons (Fsp3) is 0.250. The minimum absolute atomic E-state index is 0.480. The van der Waals surface area contributed by atoms with Crippen molar-refractivity contribution in [1.82, 2.24) is 5.43 Å². The number of nitrogens with one attached hydrogen (secondary N) is 1. The Labute approximate surface area is 77.7 Å². The quantitative estimate of drug-likeness (QED) is 0.334. The van der Waals surface area contributed by atoms with Gasteiger partial charge in [0.05, 0.1) is 0 Å². The highest BCUT2D eigenvalue weighted by Gasteiger charge is 2.22. The summed E-state index contributed by atoms with van der Waals surface area (Å²) in [6, 6.07) is 0. The molecule has 3 N–H and O–H groups in total. The van der Waals surface area contributed by atoms with Gasteiger partial charge in [-0.2, -0.15) is 0 Å². The van der Waals surface area contributed by atoms with E-state index in [2.05, 4.69) is 0 Å². The van der Waals surface area contributed by atoms with Gasteiger partial charge in [0.15, 0.2) is 23.3 Å². The van der Waals surface area contributed by atoms with Gasteiger partial charge in [0.2, 0.25) is 0 Å². The second-order valence-corrected chi connectivity index (χ2v) is 2.74. The molecular formula is C8H8F4N2. The lowest BCUT2D eigenvalue weighted by Gasteiger charge is -2.08. The molecule has 0 amide bonds. The highest BCUT2D eigenvalue weighted by molar-refractivity contribution is 5.28. The van der Waals surface area contributed by atoms with Crippen molar-refractivity contribution < 1.29 is 17.6 Å². The number of benzene rings is 1. The molecule has 0 unspecified atom stereocenters. The lowest BCUT2D eigenvalue weighted by molar-refractivity contribution is 0.426. The molecule has 1 rings (SSSR count). The number of rotatable bonds is 2. The van der Waals surface area contributed by atoms with Crippen molar-refractivity contribution in [3.8, 4) is 0 Å². The molecule has 14 heavy (non-hydrogen) atoms. The van der Waals surface area contributed by atoms with Crippen molar-refractivity contribution >= 4 is 0 Å². The van der Waals surface area contributed by atoms with Crippen molar-refractivity contribution in [2.24, 2.45) is 5.84 Å². The summed E-state index contributed by atoms with van der Waals surface area (Å²) in [6.07, 6.45) is 0. The summed E-state index contributed by atoms with van der Waals surface area (Å²) in [7, 11) is 0. The Morgan fingerprint density at radius 2 is 1.43 bits per heavy atom. The molecular weight excluding hydrogens is 200 g/mol. The molecule has 1 aromatic carbocycles. The van der Waals surface area contributed by atoms with Crippen molar-refractivity contribution in [2.75, 3.05) is 0 Å². The monoisotopic (exact) mass is 208 g/mol. The van der Waals surface area contributed by atoms with E-state index in [1.54, 1.807) is 0 Å². The maximum Gasteiger partial charge on any atom is 0.166 e. The third-order valence-corrected chi connectivity index (χ3v) is 1.85. The zero-order valence-corrected chi connectivity index (χ0v) is 7.30. The molecule has 1 aromatic rings. The van der Waals surface area contributed by atoms with Gasteiger partial charge >= 0.3 is 0 Å². The first-order valence-corrected chi connectivity index (χ1v) is 3.75. The molecule has 0 fully saturated rings. The summed E-state index contributed by atoms with van der Waals surface area (Å²) < 4.78 is 51.8. The Morgan fingerprint density at radius 1 is 1.00 bits per heavy atom. The molecule has 0 radical (unpaired) electrons. The predicted octanol–water partition coefficient (Wildman–Crippen LogP) is 1.51. The molecule has 0 atom stereocenters. The van der Waals surface area contributed by atoms with Crippen LogP contribution in [0.15, 0.2) is 0 Å². The van der Waals surface area contributed by atoms with Crippen LogP contribution in [0.4, 0.5) is 17.6 Å². The smallest absolute Gasteiger partial charge is 0.166 e. The van der Waals surface area contributed by atoms with Gasteiger partial charge in [-0.15, -0.1) is 0 Å². The molecule has 6 heteroatoms. The lowest BCUT2D eigenvalue weighted by Crippen LogP contribution is -2.23. The normalized spacial score (nSPS) is 10.7. The van der Waals surface area contributed by atoms with E-state index in [-0.39, 0.29) is 0 Å². The van der Waals surface area contributed by atoms with Gasteiger partial charge in [0.25, 0.3) is 0 Å². The van der Waals surface area contributed by atoms with E-state index in [1.165, 1.54) is 0 Å². The van der Waals surface area contributed by atoms with Crippen LogP contribution in [-0.4, -0.2) is 0 Å². The van der Waals surface area contributed by atoms with Crippen LogP contribution in [0, 0.1) is 30.2 Å². The SMILES string of the molecule is Cc1c(F)c(F)c(CNN)c(F)c1F. The topological polar surface area (TPSA) is 38.0 Å². The highest BCUT2D eigenvalue weighted by atomic mass is 19.2. The van der Waals surface area contributed by atoms with Crippen LogP contribution >= 0.6 is 0 Å². The summed E-state index contributed by atoms with van der Waals surface area (Å²) in [4.78, 5) is 0. The van der Waals surface area contributed by atoms with Gasteiger partial charge in [-0.1, -0.05) is 0 Å². The van der Waals surface area contributed by atoms with Crippen molar-refractivity contribution in [3.63, 3.8) is 0 Å². The van der Waals surface area contributed by atoms with E-state index in [4.69, 9.17) is 5.84 Å². The van der Waals surface area contributed by atoms with E-state index in [0.29, 0.717) is 0 Å². The first-order valence-electron chi connectivity index (χ1n) is 3.75. The van der Waals surface area contributed by atoms with Crippen LogP contribution in [0.5, 0.6) is 0 Å². The van der Waals surface area contributed by atoms with Gasteiger partial charge in [0.1, 0.15) is 0 Å². The van der Waals surface area contributed by atoms with Crippen LogP contribution in [0.1, 0.15) is 11.1 Å². The van der Waals surface area contributed by atoms with Crippen LogP contribution in [0.2, 0.25) is 0 Å². The number of nitrogens with two attached hydrogens (primary N) is 1. The summed E-state index contributed by atoms with van der Waals surface area (Å²) in [5, 5.41) is 0. The Morgan fingerprint density at radius 3 is 1.79 bits per heavy atom. The average Bonchev–Trinajstić information content (AvgIpc) is 2.19. The van der Waals surface area contributed by atoms with E-state index < -0.39 is 40.9 Å². The van der Waals surface area contributed by atoms with Gasteiger partial charge in [-0.25, -0.2) is 17.6 Å². The Kier molecular flexibility index (Phi) is 3.07. The molecule has 0 saturated heterocycles. The molecule has 0 heterocycles. The van der Waals surface area contributed by atoms with Crippen LogP contribution in [-0.2, 0) is 6.54 Å². The minimum Gasteiger partial charge on any atom is -0.271 e. The van der Waals surface area contributed by atoms with E-state index in [1.807, 2.05) is 5.43 Å². The Balaban J connectivity index is 3.43. The Hall–Kier alpha value is -1.14. The van der Waals surface area contributed by atoms with Crippen molar-refractivity contribution in [1.29, 1.82) is 0 Å². The summed E-state index contributed by atoms with van der Waals surface area (Å²) in [5.41, 5.74) is 0.504. The van der Waals surface area contributed by atoms with Gasteiger partial charge in [-0.05, 0) is 6.92 Å². The molecule has 78 valence electrons. The zero-order valence-electron chi connectivity index (χ0n) is 7.30. The summed E-state index contributed by atoms with van der Waals surface area (Å²) in [6.45, 7) is 0.474. The van der Waals surface area contributed by atoms with E-state index in [9.17, 15) is 17.6 Å². The average molecular weight is 208 g/mol. The zero-order chi connectivity index (χ0) is 10.9. The molecule has 0 bridgehead atoms. The van der Waals surface area contributed by atoms with Crippen LogP contribution in [0.25, 0.3) is 0 Å². The molecule has 0 aliphatic carbocycles. The maximum absolute atomic E-state index is 13.0. The number of halogens is 4. The van der Waals surface area contributed by atoms with E-state index in [0.717, 1.165) is 6.92 Å². The van der Waals surface area contributed by atoms with Gasteiger partial charge < -0.3 is 0 Å². The van der Waals surface area contributed by atoms with E-state index >= 15 is 0 Å². The van der Waals surface area contributed by atoms with Crippen molar-refractivity contribution in [2.45, 2.75) is 13.5 Å². The molecule has 0 spiro atoms. The van der Waals surface area contributed by atoms with Crippen LogP contribution in [0.3, 0.4) is 0 Å².